The molecule has 0 aliphatic heterocycles. The van der Waals surface area contributed by atoms with Crippen LogP contribution in [0.3, 0.4) is 0 Å². The quantitative estimate of drug-likeness (QED) is 0.805. The van der Waals surface area contributed by atoms with Gasteiger partial charge in [-0.05, 0) is 37.1 Å². The first kappa shape index (κ1) is 18.9. The van der Waals surface area contributed by atoms with Gasteiger partial charge in [0.2, 0.25) is 5.91 Å². The standard InChI is InChI=1S/C18H22ClN3O3S/c19-14-6-8-16(9-7-14)26(24,25)13-11-18(23)21-17-10-12-20-22(17)15-4-2-1-3-5-15/h6-10,12,15H,1-5,11,13H2,(H,21,23). The van der Waals surface area contributed by atoms with Gasteiger partial charge in [-0.1, -0.05) is 30.9 Å². The zero-order valence-electron chi connectivity index (χ0n) is 14.4. The molecular weight excluding hydrogens is 374 g/mol. The van der Waals surface area contributed by atoms with Gasteiger partial charge >= 0.3 is 0 Å². The number of benzene rings is 1. The summed E-state index contributed by atoms with van der Waals surface area (Å²) in [7, 11) is -3.52. The van der Waals surface area contributed by atoms with E-state index in [9.17, 15) is 13.2 Å². The summed E-state index contributed by atoms with van der Waals surface area (Å²) in [5, 5.41) is 7.60. The van der Waals surface area contributed by atoms with Crippen molar-refractivity contribution in [3.05, 3.63) is 41.6 Å². The Balaban J connectivity index is 1.59. The second-order valence-electron chi connectivity index (χ2n) is 6.52. The van der Waals surface area contributed by atoms with E-state index in [1.807, 2.05) is 4.68 Å². The molecule has 26 heavy (non-hydrogen) atoms. The van der Waals surface area contributed by atoms with E-state index < -0.39 is 9.84 Å². The fourth-order valence-electron chi connectivity index (χ4n) is 3.22. The van der Waals surface area contributed by atoms with Gasteiger partial charge in [0.05, 0.1) is 22.9 Å². The van der Waals surface area contributed by atoms with Gasteiger partial charge < -0.3 is 5.32 Å². The molecule has 1 aromatic heterocycles. The van der Waals surface area contributed by atoms with Crippen molar-refractivity contribution >= 4 is 33.2 Å². The van der Waals surface area contributed by atoms with E-state index in [4.69, 9.17) is 11.6 Å². The largest absolute Gasteiger partial charge is 0.311 e. The highest BCUT2D eigenvalue weighted by atomic mass is 35.5. The average molecular weight is 396 g/mol. The molecule has 1 aliphatic carbocycles. The molecule has 2 aromatic rings. The average Bonchev–Trinajstić information content (AvgIpc) is 3.09. The minimum Gasteiger partial charge on any atom is -0.311 e. The lowest BCUT2D eigenvalue weighted by Crippen LogP contribution is -2.22. The molecule has 140 valence electrons. The first-order chi connectivity index (χ1) is 12.5. The van der Waals surface area contributed by atoms with E-state index in [0.29, 0.717) is 16.9 Å². The summed E-state index contributed by atoms with van der Waals surface area (Å²) in [6.07, 6.45) is 7.22. The van der Waals surface area contributed by atoms with Crippen LogP contribution in [0, 0.1) is 0 Å². The summed E-state index contributed by atoms with van der Waals surface area (Å²) in [5.41, 5.74) is 0. The van der Waals surface area contributed by atoms with Crippen molar-refractivity contribution in [1.29, 1.82) is 0 Å². The molecule has 1 saturated carbocycles. The number of carbonyl (C=O) groups excluding carboxylic acids is 1. The number of anilines is 1. The molecule has 1 aliphatic rings. The van der Waals surface area contributed by atoms with Crippen molar-refractivity contribution in [1.82, 2.24) is 9.78 Å². The molecular formula is C18H22ClN3O3S. The number of aromatic nitrogens is 2. The van der Waals surface area contributed by atoms with E-state index >= 15 is 0 Å². The molecule has 1 N–H and O–H groups in total. The van der Waals surface area contributed by atoms with Crippen LogP contribution in [0.1, 0.15) is 44.6 Å². The maximum atomic E-state index is 12.3. The molecule has 0 spiro atoms. The van der Waals surface area contributed by atoms with Crippen LogP contribution in [0.25, 0.3) is 0 Å². The molecule has 0 unspecified atom stereocenters. The van der Waals surface area contributed by atoms with Crippen molar-refractivity contribution in [3.63, 3.8) is 0 Å². The lowest BCUT2D eigenvalue weighted by molar-refractivity contribution is -0.115. The summed E-state index contributed by atoms with van der Waals surface area (Å²) < 4.78 is 26.5. The maximum Gasteiger partial charge on any atom is 0.226 e. The van der Waals surface area contributed by atoms with Crippen molar-refractivity contribution in [2.75, 3.05) is 11.1 Å². The normalized spacial score (nSPS) is 15.7. The van der Waals surface area contributed by atoms with E-state index in [2.05, 4.69) is 10.4 Å². The monoisotopic (exact) mass is 395 g/mol. The second-order valence-corrected chi connectivity index (χ2v) is 9.07. The fourth-order valence-corrected chi connectivity index (χ4v) is 4.59. The van der Waals surface area contributed by atoms with E-state index in [0.717, 1.165) is 25.7 Å². The highest BCUT2D eigenvalue weighted by Gasteiger charge is 2.20. The smallest absolute Gasteiger partial charge is 0.226 e. The summed E-state index contributed by atoms with van der Waals surface area (Å²) in [4.78, 5) is 12.4. The molecule has 8 heteroatoms. The summed E-state index contributed by atoms with van der Waals surface area (Å²) in [6, 6.07) is 8.00. The Morgan fingerprint density at radius 3 is 2.54 bits per heavy atom. The molecule has 0 saturated heterocycles. The number of nitrogens with one attached hydrogen (secondary N) is 1. The van der Waals surface area contributed by atoms with E-state index in [1.54, 1.807) is 12.3 Å². The topological polar surface area (TPSA) is 81.1 Å². The van der Waals surface area contributed by atoms with Crippen LogP contribution in [0.4, 0.5) is 5.82 Å². The number of hydrogen-bond donors (Lipinski definition) is 1. The lowest BCUT2D eigenvalue weighted by atomic mass is 9.96. The molecule has 1 amide bonds. The molecule has 1 heterocycles. The first-order valence-corrected chi connectivity index (χ1v) is 10.8. The highest BCUT2D eigenvalue weighted by Crippen LogP contribution is 2.30. The van der Waals surface area contributed by atoms with Crippen molar-refractivity contribution in [2.45, 2.75) is 49.5 Å². The van der Waals surface area contributed by atoms with Gasteiger partial charge in [-0.25, -0.2) is 13.1 Å². The Morgan fingerprint density at radius 2 is 1.85 bits per heavy atom. The number of carbonyl (C=O) groups is 1. The predicted molar refractivity (Wildman–Crippen MR) is 101 cm³/mol. The van der Waals surface area contributed by atoms with Crippen LogP contribution < -0.4 is 5.32 Å². The minimum atomic E-state index is -3.52. The van der Waals surface area contributed by atoms with Crippen molar-refractivity contribution < 1.29 is 13.2 Å². The maximum absolute atomic E-state index is 12.3. The number of rotatable bonds is 6. The van der Waals surface area contributed by atoms with E-state index in [1.165, 1.54) is 30.7 Å². The van der Waals surface area contributed by atoms with Crippen LogP contribution in [0.5, 0.6) is 0 Å². The Bertz CT molecular complexity index is 856. The molecule has 0 atom stereocenters. The summed E-state index contributed by atoms with van der Waals surface area (Å²) in [5.74, 6) is 0.0452. The van der Waals surface area contributed by atoms with Gasteiger partial charge in [-0.15, -0.1) is 0 Å². The van der Waals surface area contributed by atoms with Gasteiger partial charge in [-0.3, -0.25) is 4.79 Å². The number of nitrogens with zero attached hydrogens (tertiary/aromatic N) is 2. The zero-order valence-corrected chi connectivity index (χ0v) is 16.0. The van der Waals surface area contributed by atoms with Crippen LogP contribution in [-0.2, 0) is 14.6 Å². The fraction of sp³-hybridized carbons (Fsp3) is 0.444. The Labute approximate surface area is 158 Å². The summed E-state index contributed by atoms with van der Waals surface area (Å²) >= 11 is 5.78. The van der Waals surface area contributed by atoms with E-state index in [-0.39, 0.29) is 23.0 Å². The number of amides is 1. The molecule has 0 radical (unpaired) electrons. The van der Waals surface area contributed by atoms with Crippen molar-refractivity contribution in [2.24, 2.45) is 0 Å². The van der Waals surface area contributed by atoms with Gasteiger partial charge in [0.1, 0.15) is 5.82 Å². The van der Waals surface area contributed by atoms with Gasteiger partial charge in [0, 0.05) is 17.5 Å². The van der Waals surface area contributed by atoms with Crippen molar-refractivity contribution in [3.8, 4) is 0 Å². The SMILES string of the molecule is O=C(CCS(=O)(=O)c1ccc(Cl)cc1)Nc1ccnn1C1CCCCC1. The highest BCUT2D eigenvalue weighted by molar-refractivity contribution is 7.91. The number of hydrogen-bond acceptors (Lipinski definition) is 4. The zero-order chi connectivity index (χ0) is 18.6. The Morgan fingerprint density at radius 1 is 1.15 bits per heavy atom. The molecule has 1 aromatic carbocycles. The Hall–Kier alpha value is -1.86. The predicted octanol–water partition coefficient (Wildman–Crippen LogP) is 3.84. The molecule has 1 fully saturated rings. The first-order valence-electron chi connectivity index (χ1n) is 8.77. The Kier molecular flexibility index (Phi) is 5.98. The van der Waals surface area contributed by atoms with Gasteiger partial charge in [0.25, 0.3) is 0 Å². The molecule has 0 bridgehead atoms. The second kappa shape index (κ2) is 8.22. The summed E-state index contributed by atoms with van der Waals surface area (Å²) in [6.45, 7) is 0. The van der Waals surface area contributed by atoms with Crippen LogP contribution in [0.15, 0.2) is 41.4 Å². The number of halogens is 1. The van der Waals surface area contributed by atoms with Crippen LogP contribution in [-0.4, -0.2) is 29.9 Å². The third kappa shape index (κ3) is 4.65. The molecule has 6 nitrogen and oxygen atoms in total. The van der Waals surface area contributed by atoms with Gasteiger partial charge in [0.15, 0.2) is 9.84 Å². The van der Waals surface area contributed by atoms with Crippen LogP contribution >= 0.6 is 11.6 Å². The minimum absolute atomic E-state index is 0.110. The molecule has 3 rings (SSSR count). The number of sulfone groups is 1. The lowest BCUT2D eigenvalue weighted by Gasteiger charge is -2.23. The third-order valence-corrected chi connectivity index (χ3v) is 6.61. The third-order valence-electron chi connectivity index (χ3n) is 4.63. The van der Waals surface area contributed by atoms with Crippen LogP contribution in [0.2, 0.25) is 5.02 Å². The van der Waals surface area contributed by atoms with Gasteiger partial charge in [-0.2, -0.15) is 5.10 Å².